The van der Waals surface area contributed by atoms with Gasteiger partial charge in [-0.25, -0.2) is 4.68 Å². The lowest BCUT2D eigenvalue weighted by Gasteiger charge is -2.32. The van der Waals surface area contributed by atoms with Gasteiger partial charge in [-0.15, -0.1) is 6.42 Å². The predicted octanol–water partition coefficient (Wildman–Crippen LogP) is 2.80. The molecule has 1 N–H and O–H groups in total. The summed E-state index contributed by atoms with van der Waals surface area (Å²) in [6.45, 7) is 2.08. The largest absolute Gasteiger partial charge is 0.497 e. The number of hydrogen-bond donors (Lipinski definition) is 1. The highest BCUT2D eigenvalue weighted by Crippen LogP contribution is 2.53. The van der Waals surface area contributed by atoms with Crippen LogP contribution in [0.5, 0.6) is 5.75 Å². The zero-order chi connectivity index (χ0) is 21.8. The molecular weight excluding hydrogens is 392 g/mol. The molecule has 0 aliphatic carbocycles. The Labute approximate surface area is 179 Å². The second-order valence-corrected chi connectivity index (χ2v) is 7.71. The van der Waals surface area contributed by atoms with Gasteiger partial charge in [0.2, 0.25) is 11.8 Å². The second-order valence-electron chi connectivity index (χ2n) is 7.71. The number of nitrogens with zero attached hydrogens (tertiary/aromatic N) is 3. The second kappa shape index (κ2) is 6.74. The van der Waals surface area contributed by atoms with Gasteiger partial charge in [0, 0.05) is 12.0 Å². The SMILES string of the molecule is C#CCN1C(=O)[C@]2(CC(=O)Nc3c2cnn3-c2ccc(OC)cc2)c2cccc(C)c21. The quantitative estimate of drug-likeness (QED) is 0.672. The number of nitrogens with one attached hydrogen (secondary N) is 1. The highest BCUT2D eigenvalue weighted by molar-refractivity contribution is 6.16. The van der Waals surface area contributed by atoms with E-state index in [0.29, 0.717) is 17.1 Å². The Morgan fingerprint density at radius 3 is 2.68 bits per heavy atom. The maximum Gasteiger partial charge on any atom is 0.243 e. The van der Waals surface area contributed by atoms with Crippen molar-refractivity contribution in [1.29, 1.82) is 0 Å². The third-order valence-electron chi connectivity index (χ3n) is 6.06. The number of amides is 2. The highest BCUT2D eigenvalue weighted by atomic mass is 16.5. The van der Waals surface area contributed by atoms with E-state index in [0.717, 1.165) is 22.5 Å². The summed E-state index contributed by atoms with van der Waals surface area (Å²) in [7, 11) is 1.60. The number of para-hydroxylation sites is 1. The molecule has 1 aromatic heterocycles. The molecule has 2 aliphatic rings. The van der Waals surface area contributed by atoms with Gasteiger partial charge in [-0.1, -0.05) is 24.1 Å². The summed E-state index contributed by atoms with van der Waals surface area (Å²) in [6, 6.07) is 13.1. The van der Waals surface area contributed by atoms with Crippen molar-refractivity contribution in [3.05, 3.63) is 65.4 Å². The molecular formula is C24H20N4O3. The van der Waals surface area contributed by atoms with Crippen molar-refractivity contribution >= 4 is 23.3 Å². The number of benzene rings is 2. The fourth-order valence-corrected chi connectivity index (χ4v) is 4.69. The fraction of sp³-hybridized carbons (Fsp3) is 0.208. The number of hydrogen-bond acceptors (Lipinski definition) is 4. The van der Waals surface area contributed by atoms with Crippen LogP contribution in [-0.4, -0.2) is 35.2 Å². The lowest BCUT2D eigenvalue weighted by atomic mass is 9.71. The van der Waals surface area contributed by atoms with E-state index in [1.54, 1.807) is 22.9 Å². The van der Waals surface area contributed by atoms with Gasteiger partial charge in [0.15, 0.2) is 0 Å². The molecule has 7 nitrogen and oxygen atoms in total. The number of methoxy groups -OCH3 is 1. The van der Waals surface area contributed by atoms with Gasteiger partial charge in [0.1, 0.15) is 17.0 Å². The van der Waals surface area contributed by atoms with Crippen LogP contribution in [0.1, 0.15) is 23.1 Å². The molecule has 0 saturated carbocycles. The van der Waals surface area contributed by atoms with Crippen molar-refractivity contribution in [2.45, 2.75) is 18.8 Å². The Morgan fingerprint density at radius 1 is 1.19 bits per heavy atom. The number of ether oxygens (including phenoxy) is 1. The fourth-order valence-electron chi connectivity index (χ4n) is 4.69. The maximum absolute atomic E-state index is 13.8. The standard InChI is InChI=1S/C24H20N4O3/c1-4-12-27-21-15(2)6-5-7-18(21)24(23(27)30)13-20(29)26-22-19(24)14-25-28(22)16-8-10-17(31-3)11-9-16/h1,5-11,14H,12-13H2,2-3H3,(H,26,29)/t24-/m1/s1. The summed E-state index contributed by atoms with van der Waals surface area (Å²) < 4.78 is 6.86. The van der Waals surface area contributed by atoms with Crippen LogP contribution in [0, 0.1) is 19.3 Å². The van der Waals surface area contributed by atoms with E-state index in [2.05, 4.69) is 16.3 Å². The first-order chi connectivity index (χ1) is 15.0. The van der Waals surface area contributed by atoms with Gasteiger partial charge >= 0.3 is 0 Å². The number of terminal acetylenes is 1. The van der Waals surface area contributed by atoms with Crippen LogP contribution in [0.15, 0.2) is 48.7 Å². The minimum Gasteiger partial charge on any atom is -0.497 e. The van der Waals surface area contributed by atoms with Gasteiger partial charge < -0.3 is 10.1 Å². The summed E-state index contributed by atoms with van der Waals surface area (Å²) in [5.41, 5.74) is 2.77. The molecule has 3 heterocycles. The van der Waals surface area contributed by atoms with Crippen LogP contribution in [-0.2, 0) is 15.0 Å². The van der Waals surface area contributed by atoms with Gasteiger partial charge in [0.25, 0.3) is 0 Å². The monoisotopic (exact) mass is 412 g/mol. The van der Waals surface area contributed by atoms with Crippen LogP contribution < -0.4 is 15.0 Å². The molecule has 154 valence electrons. The third-order valence-corrected chi connectivity index (χ3v) is 6.06. The average molecular weight is 412 g/mol. The molecule has 2 amide bonds. The summed E-state index contributed by atoms with van der Waals surface area (Å²) in [6.07, 6.45) is 7.25. The molecule has 2 aromatic carbocycles. The first kappa shape index (κ1) is 18.9. The molecule has 0 unspecified atom stereocenters. The van der Waals surface area contributed by atoms with E-state index in [-0.39, 0.29) is 24.8 Å². The van der Waals surface area contributed by atoms with E-state index in [4.69, 9.17) is 11.2 Å². The number of fused-ring (bicyclic) bond motifs is 4. The molecule has 1 spiro atoms. The van der Waals surface area contributed by atoms with Gasteiger partial charge in [0.05, 0.1) is 31.2 Å². The Kier molecular flexibility index (Phi) is 4.12. The van der Waals surface area contributed by atoms with Crippen molar-refractivity contribution in [2.75, 3.05) is 23.9 Å². The van der Waals surface area contributed by atoms with Gasteiger partial charge in [-0.05, 0) is 42.3 Å². The molecule has 7 heteroatoms. The highest BCUT2D eigenvalue weighted by Gasteiger charge is 2.57. The first-order valence-corrected chi connectivity index (χ1v) is 9.89. The number of aryl methyl sites for hydroxylation is 1. The number of aromatic nitrogens is 2. The van der Waals surface area contributed by atoms with Crippen molar-refractivity contribution in [3.63, 3.8) is 0 Å². The van der Waals surface area contributed by atoms with Crippen molar-refractivity contribution < 1.29 is 14.3 Å². The normalized spacial score (nSPS) is 19.1. The molecule has 0 fully saturated rings. The molecule has 0 saturated heterocycles. The van der Waals surface area contributed by atoms with E-state index in [1.807, 2.05) is 49.4 Å². The minimum atomic E-state index is -1.15. The zero-order valence-corrected chi connectivity index (χ0v) is 17.2. The van der Waals surface area contributed by atoms with Crippen LogP contribution in [0.2, 0.25) is 0 Å². The number of carbonyl (C=O) groups excluding carboxylic acids is 2. The number of rotatable bonds is 3. The zero-order valence-electron chi connectivity index (χ0n) is 17.2. The molecule has 5 rings (SSSR count). The smallest absolute Gasteiger partial charge is 0.243 e. The predicted molar refractivity (Wildman–Crippen MR) is 117 cm³/mol. The molecule has 31 heavy (non-hydrogen) atoms. The van der Waals surface area contributed by atoms with Crippen molar-refractivity contribution in [3.8, 4) is 23.8 Å². The van der Waals surface area contributed by atoms with Gasteiger partial charge in [-0.3, -0.25) is 14.5 Å². The van der Waals surface area contributed by atoms with E-state index in [1.165, 1.54) is 0 Å². The Bertz CT molecular complexity index is 1270. The maximum atomic E-state index is 13.8. The first-order valence-electron chi connectivity index (χ1n) is 9.89. The molecule has 3 aromatic rings. The van der Waals surface area contributed by atoms with Crippen molar-refractivity contribution in [1.82, 2.24) is 9.78 Å². The van der Waals surface area contributed by atoms with Gasteiger partial charge in [-0.2, -0.15) is 5.10 Å². The molecule has 0 radical (unpaired) electrons. The topological polar surface area (TPSA) is 76.5 Å². The van der Waals surface area contributed by atoms with E-state index >= 15 is 0 Å². The Balaban J connectivity index is 1.74. The average Bonchev–Trinajstić information content (AvgIpc) is 3.29. The lowest BCUT2D eigenvalue weighted by Crippen LogP contribution is -2.46. The van der Waals surface area contributed by atoms with Crippen LogP contribution in [0.3, 0.4) is 0 Å². The van der Waals surface area contributed by atoms with Crippen LogP contribution in [0.4, 0.5) is 11.5 Å². The summed E-state index contributed by atoms with van der Waals surface area (Å²) in [5, 5.41) is 7.45. The number of carbonyl (C=O) groups is 2. The van der Waals surface area contributed by atoms with E-state index < -0.39 is 5.41 Å². The van der Waals surface area contributed by atoms with E-state index in [9.17, 15) is 9.59 Å². The summed E-state index contributed by atoms with van der Waals surface area (Å²) >= 11 is 0. The molecule has 2 aliphatic heterocycles. The Morgan fingerprint density at radius 2 is 1.97 bits per heavy atom. The lowest BCUT2D eigenvalue weighted by molar-refractivity contribution is -0.126. The number of anilines is 2. The minimum absolute atomic E-state index is 0.00463. The molecule has 0 bridgehead atoms. The van der Waals surface area contributed by atoms with Crippen molar-refractivity contribution in [2.24, 2.45) is 0 Å². The van der Waals surface area contributed by atoms with Crippen LogP contribution in [0.25, 0.3) is 5.69 Å². The molecule has 1 atom stereocenters. The Hall–Kier alpha value is -4.05. The summed E-state index contributed by atoms with van der Waals surface area (Å²) in [4.78, 5) is 28.3. The third kappa shape index (κ3) is 2.51. The summed E-state index contributed by atoms with van der Waals surface area (Å²) in [5.74, 6) is 3.34. The van der Waals surface area contributed by atoms with Crippen LogP contribution >= 0.6 is 0 Å².